The van der Waals surface area contributed by atoms with Gasteiger partial charge in [-0.05, 0) is 6.42 Å². The average molecular weight is 215 g/mol. The molecule has 0 aliphatic carbocycles. The summed E-state index contributed by atoms with van der Waals surface area (Å²) in [5.41, 5.74) is 0. The van der Waals surface area contributed by atoms with E-state index in [1.807, 2.05) is 13.8 Å². The maximum atomic E-state index is 11.3. The number of amides is 1. The number of hydrogen-bond acceptors (Lipinski definition) is 4. The average Bonchev–Trinajstić information content (AvgIpc) is 2.63. The van der Waals surface area contributed by atoms with Crippen molar-refractivity contribution in [3.63, 3.8) is 0 Å². The summed E-state index contributed by atoms with van der Waals surface area (Å²) in [4.78, 5) is 23.8. The monoisotopic (exact) mass is 215 g/mol. The van der Waals surface area contributed by atoms with E-state index in [0.717, 1.165) is 6.42 Å². The van der Waals surface area contributed by atoms with Gasteiger partial charge in [0.15, 0.2) is 0 Å². The first-order chi connectivity index (χ1) is 7.15. The zero-order valence-electron chi connectivity index (χ0n) is 9.19. The maximum absolute atomic E-state index is 11.3. The van der Waals surface area contributed by atoms with Crippen molar-refractivity contribution in [2.45, 2.75) is 20.3 Å². The van der Waals surface area contributed by atoms with E-state index in [-0.39, 0.29) is 24.6 Å². The molecule has 0 spiro atoms. The van der Waals surface area contributed by atoms with Gasteiger partial charge in [0.1, 0.15) is 13.2 Å². The molecule has 0 saturated carbocycles. The third kappa shape index (κ3) is 3.42. The summed E-state index contributed by atoms with van der Waals surface area (Å²) >= 11 is 0. The highest BCUT2D eigenvalue weighted by Gasteiger charge is 2.22. The van der Waals surface area contributed by atoms with Gasteiger partial charge in [0, 0.05) is 0 Å². The molecule has 0 N–H and O–H groups in total. The largest absolute Gasteiger partial charge is 0.464 e. The first-order valence-corrected chi connectivity index (χ1v) is 5.23. The fourth-order valence-electron chi connectivity index (χ4n) is 1.19. The zero-order chi connectivity index (χ0) is 11.3. The molecule has 15 heavy (non-hydrogen) atoms. The Morgan fingerprint density at radius 1 is 1.67 bits per heavy atom. The number of hydrogen-bond donors (Lipinski definition) is 0. The van der Waals surface area contributed by atoms with Crippen molar-refractivity contribution >= 4 is 12.1 Å². The van der Waals surface area contributed by atoms with Crippen LogP contribution in [0.4, 0.5) is 4.79 Å². The van der Waals surface area contributed by atoms with Gasteiger partial charge in [-0.25, -0.2) is 4.79 Å². The molecule has 0 aromatic carbocycles. The summed E-state index contributed by atoms with van der Waals surface area (Å²) in [7, 11) is 0. The number of rotatable bonds is 5. The molecule has 1 atom stereocenters. The molecule has 1 aliphatic heterocycles. The van der Waals surface area contributed by atoms with E-state index >= 15 is 0 Å². The third-order valence-corrected chi connectivity index (χ3v) is 2.47. The summed E-state index contributed by atoms with van der Waals surface area (Å²) in [5, 5.41) is 0. The van der Waals surface area contributed by atoms with Gasteiger partial charge >= 0.3 is 12.1 Å². The van der Waals surface area contributed by atoms with E-state index in [0.29, 0.717) is 19.7 Å². The third-order valence-electron chi connectivity index (χ3n) is 2.47. The second-order valence-corrected chi connectivity index (χ2v) is 3.58. The van der Waals surface area contributed by atoms with Crippen molar-refractivity contribution in [1.29, 1.82) is 0 Å². The molecule has 5 heteroatoms. The smallest absolute Gasteiger partial charge is 0.410 e. The first-order valence-electron chi connectivity index (χ1n) is 5.23. The number of carbonyl (C=O) groups excluding carboxylic acids is 2. The number of esters is 1. The SMILES string of the molecule is CCC(C)C(=O)OCCN1CCOC1=O. The summed E-state index contributed by atoms with van der Waals surface area (Å²) in [5.74, 6) is -0.277. The standard InChI is InChI=1S/C10H17NO4/c1-3-8(2)9(12)14-6-4-11-5-7-15-10(11)13/h8H,3-7H2,1-2H3. The van der Waals surface area contributed by atoms with Gasteiger partial charge in [-0.1, -0.05) is 13.8 Å². The van der Waals surface area contributed by atoms with Gasteiger partial charge in [-0.15, -0.1) is 0 Å². The van der Waals surface area contributed by atoms with Gasteiger partial charge < -0.3 is 14.4 Å². The van der Waals surface area contributed by atoms with E-state index in [1.165, 1.54) is 4.90 Å². The fraction of sp³-hybridized carbons (Fsp3) is 0.800. The minimum absolute atomic E-state index is 0.0736. The molecular formula is C10H17NO4. The summed E-state index contributed by atoms with van der Waals surface area (Å²) in [6, 6.07) is 0. The van der Waals surface area contributed by atoms with E-state index < -0.39 is 0 Å². The van der Waals surface area contributed by atoms with Crippen LogP contribution >= 0.6 is 0 Å². The number of nitrogens with zero attached hydrogens (tertiary/aromatic N) is 1. The molecule has 5 nitrogen and oxygen atoms in total. The molecule has 1 aliphatic rings. The Balaban J connectivity index is 2.15. The summed E-state index contributed by atoms with van der Waals surface area (Å²) < 4.78 is 9.75. The van der Waals surface area contributed by atoms with Crippen LogP contribution in [0.1, 0.15) is 20.3 Å². The van der Waals surface area contributed by atoms with E-state index in [4.69, 9.17) is 9.47 Å². The highest BCUT2D eigenvalue weighted by Crippen LogP contribution is 2.05. The normalized spacial score (nSPS) is 17.5. The Morgan fingerprint density at radius 3 is 2.93 bits per heavy atom. The lowest BCUT2D eigenvalue weighted by molar-refractivity contribution is -0.148. The lowest BCUT2D eigenvalue weighted by atomic mass is 10.1. The van der Waals surface area contributed by atoms with Crippen molar-refractivity contribution in [2.24, 2.45) is 5.92 Å². The van der Waals surface area contributed by atoms with Gasteiger partial charge in [0.05, 0.1) is 19.0 Å². The molecule has 0 aromatic heterocycles. The predicted octanol–water partition coefficient (Wildman–Crippen LogP) is 1.03. The van der Waals surface area contributed by atoms with Crippen LogP contribution in [0.3, 0.4) is 0 Å². The number of cyclic esters (lactones) is 1. The van der Waals surface area contributed by atoms with Crippen LogP contribution in [-0.4, -0.2) is 43.3 Å². The van der Waals surface area contributed by atoms with E-state index in [9.17, 15) is 9.59 Å². The molecule has 1 rings (SSSR count). The highest BCUT2D eigenvalue weighted by molar-refractivity contribution is 5.72. The molecule has 0 aromatic rings. The molecule has 1 unspecified atom stereocenters. The molecule has 1 saturated heterocycles. The first kappa shape index (κ1) is 11.8. The molecule has 0 radical (unpaired) electrons. The van der Waals surface area contributed by atoms with Gasteiger partial charge in [0.25, 0.3) is 0 Å². The quantitative estimate of drug-likeness (QED) is 0.643. The van der Waals surface area contributed by atoms with Gasteiger partial charge in [-0.2, -0.15) is 0 Å². The number of carbonyl (C=O) groups is 2. The lowest BCUT2D eigenvalue weighted by Crippen LogP contribution is -2.29. The van der Waals surface area contributed by atoms with Crippen LogP contribution < -0.4 is 0 Å². The Labute approximate surface area is 89.3 Å². The second kappa shape index (κ2) is 5.58. The Hall–Kier alpha value is -1.26. The van der Waals surface area contributed by atoms with Crippen LogP contribution in [0.25, 0.3) is 0 Å². The van der Waals surface area contributed by atoms with Crippen LogP contribution in [0.5, 0.6) is 0 Å². The van der Waals surface area contributed by atoms with Gasteiger partial charge in [0.2, 0.25) is 0 Å². The van der Waals surface area contributed by atoms with Crippen molar-refractivity contribution in [1.82, 2.24) is 4.90 Å². The van der Waals surface area contributed by atoms with E-state index in [1.54, 1.807) is 0 Å². The molecule has 0 bridgehead atoms. The lowest BCUT2D eigenvalue weighted by Gasteiger charge is -2.13. The number of ether oxygens (including phenoxy) is 2. The predicted molar refractivity (Wildman–Crippen MR) is 53.3 cm³/mol. The van der Waals surface area contributed by atoms with Gasteiger partial charge in [-0.3, -0.25) is 4.79 Å². The zero-order valence-corrected chi connectivity index (χ0v) is 9.19. The van der Waals surface area contributed by atoms with Crippen LogP contribution in [-0.2, 0) is 14.3 Å². The maximum Gasteiger partial charge on any atom is 0.410 e. The highest BCUT2D eigenvalue weighted by atomic mass is 16.6. The minimum atomic E-state index is -0.324. The Kier molecular flexibility index (Phi) is 4.39. The van der Waals surface area contributed by atoms with E-state index in [2.05, 4.69) is 0 Å². The van der Waals surface area contributed by atoms with Crippen molar-refractivity contribution in [3.05, 3.63) is 0 Å². The van der Waals surface area contributed by atoms with Crippen LogP contribution in [0, 0.1) is 5.92 Å². The molecule has 86 valence electrons. The summed E-state index contributed by atoms with van der Waals surface area (Å²) in [6.45, 7) is 5.44. The van der Waals surface area contributed by atoms with Crippen molar-refractivity contribution < 1.29 is 19.1 Å². The topological polar surface area (TPSA) is 55.8 Å². The fourth-order valence-corrected chi connectivity index (χ4v) is 1.19. The molecule has 1 amide bonds. The van der Waals surface area contributed by atoms with Crippen LogP contribution in [0.2, 0.25) is 0 Å². The van der Waals surface area contributed by atoms with Crippen LogP contribution in [0.15, 0.2) is 0 Å². The second-order valence-electron chi connectivity index (χ2n) is 3.58. The molecule has 1 fully saturated rings. The summed E-state index contributed by atoms with van der Waals surface area (Å²) in [6.07, 6.45) is 0.444. The molecular weight excluding hydrogens is 198 g/mol. The minimum Gasteiger partial charge on any atom is -0.464 e. The Morgan fingerprint density at radius 2 is 2.40 bits per heavy atom. The Bertz CT molecular complexity index is 242. The van der Waals surface area contributed by atoms with Crippen molar-refractivity contribution in [3.8, 4) is 0 Å². The molecule has 1 heterocycles. The van der Waals surface area contributed by atoms with Crippen molar-refractivity contribution in [2.75, 3.05) is 26.3 Å².